The fourth-order valence-corrected chi connectivity index (χ4v) is 10.6. The molecule has 2 aliphatic rings. The molecule has 14 rings (SSSR count). The predicted molar refractivity (Wildman–Crippen MR) is 240 cm³/mol. The van der Waals surface area contributed by atoms with Crippen LogP contribution in [0.4, 0.5) is 0 Å². The summed E-state index contributed by atoms with van der Waals surface area (Å²) in [6.45, 7) is 0. The van der Waals surface area contributed by atoms with Gasteiger partial charge in [0.15, 0.2) is 0 Å². The van der Waals surface area contributed by atoms with Crippen LogP contribution < -0.4 is 0 Å². The second-order valence-corrected chi connectivity index (χ2v) is 16.0. The van der Waals surface area contributed by atoms with Crippen molar-refractivity contribution in [2.24, 2.45) is 0 Å². The van der Waals surface area contributed by atoms with Gasteiger partial charge in [0.25, 0.3) is 0 Å². The van der Waals surface area contributed by atoms with E-state index in [0.29, 0.717) is 11.7 Å². The molecule has 5 nitrogen and oxygen atoms in total. The van der Waals surface area contributed by atoms with E-state index in [0.717, 1.165) is 50.3 Å². The highest BCUT2D eigenvalue weighted by atomic mass is 16.3. The van der Waals surface area contributed by atoms with E-state index in [9.17, 15) is 0 Å². The first-order valence-corrected chi connectivity index (χ1v) is 20.3. The molecule has 0 amide bonds. The number of hydrogen-bond acceptors (Lipinski definition) is 3. The molecule has 1 aliphatic carbocycles. The Morgan fingerprint density at radius 2 is 1.08 bits per heavy atom. The summed E-state index contributed by atoms with van der Waals surface area (Å²) >= 11 is 0. The van der Waals surface area contributed by atoms with Crippen molar-refractivity contribution in [2.75, 3.05) is 0 Å². The fourth-order valence-electron chi connectivity index (χ4n) is 10.6. The van der Waals surface area contributed by atoms with Gasteiger partial charge in [-0.2, -0.15) is 4.98 Å². The van der Waals surface area contributed by atoms with E-state index in [4.69, 9.17) is 14.4 Å². The number of benzene rings is 8. The topological polar surface area (TPSA) is 48.8 Å². The molecule has 0 bridgehead atoms. The van der Waals surface area contributed by atoms with Gasteiger partial charge in [0.2, 0.25) is 11.7 Å². The molecule has 1 aliphatic heterocycles. The number of furan rings is 1. The third kappa shape index (κ3) is 4.13. The number of hydrogen-bond donors (Lipinski definition) is 0. The van der Waals surface area contributed by atoms with E-state index in [-0.39, 0.29) is 5.92 Å². The van der Waals surface area contributed by atoms with Crippen LogP contribution in [-0.2, 0) is 6.42 Å². The first-order valence-electron chi connectivity index (χ1n) is 20.3. The summed E-state index contributed by atoms with van der Waals surface area (Å²) < 4.78 is 11.4. The molecule has 0 radical (unpaired) electrons. The van der Waals surface area contributed by atoms with Crippen molar-refractivity contribution in [3.63, 3.8) is 0 Å². The van der Waals surface area contributed by atoms with Gasteiger partial charge in [-0.25, -0.2) is 4.98 Å². The standard InChI is InChI=1S/C54H32N4O/c1-2-15-32-31(14-1)28-44(36-19-6-3-16-33(32)36)51-50-41-22-9-12-27-49(41)59-53(50)56-54(55-51)58-46-26-11-8-21-38(46)42-29-47-43(30-48(42)58)40-24-13-23-39-35-18-5-4-17-34(35)37-20-7-10-25-45(37)57(47)52(39)40/h1-27,29-30,44H,28H2. The highest BCUT2D eigenvalue weighted by molar-refractivity contribution is 6.22. The van der Waals surface area contributed by atoms with Crippen LogP contribution in [0.15, 0.2) is 180 Å². The van der Waals surface area contributed by atoms with Crippen LogP contribution in [0.5, 0.6) is 0 Å². The van der Waals surface area contributed by atoms with Crippen LogP contribution in [0, 0.1) is 0 Å². The van der Waals surface area contributed by atoms with E-state index in [1.807, 2.05) is 12.1 Å². The molecule has 274 valence electrons. The molecule has 5 heteroatoms. The Morgan fingerprint density at radius 3 is 1.97 bits per heavy atom. The number of fused-ring (bicyclic) bond motifs is 17. The Labute approximate surface area is 338 Å². The minimum atomic E-state index is -0.00367. The van der Waals surface area contributed by atoms with Gasteiger partial charge in [0.05, 0.1) is 38.8 Å². The Hall–Kier alpha value is -7.76. The van der Waals surface area contributed by atoms with E-state index < -0.39 is 0 Å². The first kappa shape index (κ1) is 31.3. The van der Waals surface area contributed by atoms with E-state index in [1.54, 1.807) is 0 Å². The van der Waals surface area contributed by atoms with E-state index in [1.165, 1.54) is 72.0 Å². The van der Waals surface area contributed by atoms with Crippen LogP contribution in [0.2, 0.25) is 0 Å². The molecule has 0 saturated heterocycles. The number of rotatable bonds is 2. The zero-order valence-corrected chi connectivity index (χ0v) is 31.7. The molecule has 12 aromatic rings. The average molecular weight is 753 g/mol. The molecule has 5 heterocycles. The van der Waals surface area contributed by atoms with Crippen LogP contribution in [0.1, 0.15) is 22.7 Å². The minimum absolute atomic E-state index is 0.00367. The summed E-state index contributed by atoms with van der Waals surface area (Å²) in [6.07, 6.45) is 0.832. The Balaban J connectivity index is 1.10. The fraction of sp³-hybridized carbons (Fsp3) is 0.0370. The zero-order chi connectivity index (χ0) is 38.3. The summed E-state index contributed by atoms with van der Waals surface area (Å²) in [7, 11) is 0. The smallest absolute Gasteiger partial charge is 0.238 e. The van der Waals surface area contributed by atoms with Gasteiger partial charge < -0.3 is 8.98 Å². The summed E-state index contributed by atoms with van der Waals surface area (Å²) in [6, 6.07) is 63.8. The van der Waals surface area contributed by atoms with Crippen LogP contribution in [-0.4, -0.2) is 19.1 Å². The lowest BCUT2D eigenvalue weighted by atomic mass is 9.76. The van der Waals surface area contributed by atoms with E-state index in [2.05, 4.69) is 173 Å². The summed E-state index contributed by atoms with van der Waals surface area (Å²) in [5, 5.41) is 6.73. The number of para-hydroxylation sites is 4. The average Bonchev–Trinajstić information content (AvgIpc) is 3.92. The third-order valence-corrected chi connectivity index (χ3v) is 13.1. The maximum atomic E-state index is 6.68. The lowest BCUT2D eigenvalue weighted by Gasteiger charge is -2.28. The Bertz CT molecular complexity index is 3790. The highest BCUT2D eigenvalue weighted by Crippen LogP contribution is 2.49. The highest BCUT2D eigenvalue weighted by Gasteiger charge is 2.32. The molecule has 1 atom stereocenters. The predicted octanol–water partition coefficient (Wildman–Crippen LogP) is 13.6. The van der Waals surface area contributed by atoms with Gasteiger partial charge in [-0.1, -0.05) is 146 Å². The number of aromatic nitrogens is 4. The molecule has 8 aromatic carbocycles. The van der Waals surface area contributed by atoms with Crippen molar-refractivity contribution in [3.8, 4) is 45.0 Å². The molecule has 1 unspecified atom stereocenters. The van der Waals surface area contributed by atoms with Gasteiger partial charge in [-0.15, -0.1) is 0 Å². The molecule has 0 N–H and O–H groups in total. The SMILES string of the molecule is c1ccc2c(c1)CC(c1nc(-n3c4ccccc4c4cc5c(cc43)c3cccc4c3n5-c3ccccc3-c3ccccc3-4)nc3oc4ccccc4c13)c1ccccc1-2. The van der Waals surface area contributed by atoms with Crippen molar-refractivity contribution >= 4 is 65.7 Å². The first-order chi connectivity index (χ1) is 29.3. The van der Waals surface area contributed by atoms with Gasteiger partial charge in [0, 0.05) is 44.0 Å². The van der Waals surface area contributed by atoms with Gasteiger partial charge in [0.1, 0.15) is 5.58 Å². The largest absolute Gasteiger partial charge is 0.438 e. The van der Waals surface area contributed by atoms with Gasteiger partial charge >= 0.3 is 0 Å². The number of nitrogens with zero attached hydrogens (tertiary/aromatic N) is 4. The Kier molecular flexibility index (Phi) is 6.07. The van der Waals surface area contributed by atoms with Crippen molar-refractivity contribution in [1.82, 2.24) is 19.1 Å². The zero-order valence-electron chi connectivity index (χ0n) is 31.7. The molecule has 0 fully saturated rings. The molecule has 59 heavy (non-hydrogen) atoms. The Morgan fingerprint density at radius 1 is 0.458 bits per heavy atom. The van der Waals surface area contributed by atoms with Crippen LogP contribution >= 0.6 is 0 Å². The van der Waals surface area contributed by atoms with Gasteiger partial charge in [-0.05, 0) is 70.1 Å². The lowest BCUT2D eigenvalue weighted by Crippen LogP contribution is -2.16. The second kappa shape index (κ2) is 11.4. The van der Waals surface area contributed by atoms with Gasteiger partial charge in [-0.3, -0.25) is 4.57 Å². The molecular formula is C54H32N4O. The monoisotopic (exact) mass is 752 g/mol. The van der Waals surface area contributed by atoms with Crippen molar-refractivity contribution in [2.45, 2.75) is 12.3 Å². The van der Waals surface area contributed by atoms with Crippen molar-refractivity contribution < 1.29 is 4.42 Å². The normalized spacial score (nSPS) is 14.2. The lowest BCUT2D eigenvalue weighted by molar-refractivity contribution is 0.648. The molecule has 0 spiro atoms. The summed E-state index contributed by atoms with van der Waals surface area (Å²) in [5.74, 6) is 0.606. The minimum Gasteiger partial charge on any atom is -0.438 e. The quantitative estimate of drug-likeness (QED) is 0.177. The van der Waals surface area contributed by atoms with E-state index >= 15 is 0 Å². The van der Waals surface area contributed by atoms with Crippen LogP contribution in [0.25, 0.3) is 111 Å². The summed E-state index contributed by atoms with van der Waals surface area (Å²) in [5.41, 5.74) is 18.2. The third-order valence-electron chi connectivity index (χ3n) is 13.1. The van der Waals surface area contributed by atoms with Crippen LogP contribution in [0.3, 0.4) is 0 Å². The maximum absolute atomic E-state index is 6.68. The summed E-state index contributed by atoms with van der Waals surface area (Å²) in [4.78, 5) is 11.0. The molecule has 4 aromatic heterocycles. The van der Waals surface area contributed by atoms with Crippen molar-refractivity contribution in [3.05, 3.63) is 193 Å². The maximum Gasteiger partial charge on any atom is 0.238 e. The molecule has 0 saturated carbocycles. The molecular weight excluding hydrogens is 721 g/mol. The second-order valence-electron chi connectivity index (χ2n) is 16.0. The van der Waals surface area contributed by atoms with Crippen molar-refractivity contribution in [1.29, 1.82) is 0 Å².